The molecule has 2 nitrogen and oxygen atoms in total. The van der Waals surface area contributed by atoms with Crippen LogP contribution in [0.25, 0.3) is 10.9 Å². The van der Waals surface area contributed by atoms with Gasteiger partial charge in [-0.15, -0.1) is 0 Å². The van der Waals surface area contributed by atoms with Crippen LogP contribution in [0.5, 0.6) is 0 Å². The standard InChI is InChI=1S/C16H9FN2/c17-16-7-3-5-13(19-16)10-11-14-9-8-12-4-1-2-6-15(12)18-14/h1-9H. The van der Waals surface area contributed by atoms with Crippen molar-refractivity contribution in [3.8, 4) is 11.8 Å². The van der Waals surface area contributed by atoms with Gasteiger partial charge in [0.2, 0.25) is 5.95 Å². The minimum Gasteiger partial charge on any atom is -0.239 e. The molecule has 0 unspecified atom stereocenters. The van der Waals surface area contributed by atoms with Crippen molar-refractivity contribution in [2.45, 2.75) is 0 Å². The number of aromatic nitrogens is 2. The Morgan fingerprint density at radius 1 is 0.737 bits per heavy atom. The van der Waals surface area contributed by atoms with E-state index in [4.69, 9.17) is 0 Å². The third-order valence-corrected chi connectivity index (χ3v) is 2.63. The van der Waals surface area contributed by atoms with Crippen LogP contribution in [0, 0.1) is 17.8 Å². The van der Waals surface area contributed by atoms with Gasteiger partial charge < -0.3 is 0 Å². The molecular weight excluding hydrogens is 239 g/mol. The molecule has 2 heterocycles. The van der Waals surface area contributed by atoms with Gasteiger partial charge in [0.05, 0.1) is 5.52 Å². The summed E-state index contributed by atoms with van der Waals surface area (Å²) < 4.78 is 12.9. The number of fused-ring (bicyclic) bond motifs is 1. The second kappa shape index (κ2) is 4.87. The quantitative estimate of drug-likeness (QED) is 0.451. The molecule has 0 aliphatic heterocycles. The Labute approximate surface area is 110 Å². The van der Waals surface area contributed by atoms with Gasteiger partial charge in [-0.2, -0.15) is 4.39 Å². The lowest BCUT2D eigenvalue weighted by atomic mass is 10.2. The third kappa shape index (κ3) is 2.58. The molecule has 1 aromatic carbocycles. The zero-order chi connectivity index (χ0) is 13.1. The zero-order valence-corrected chi connectivity index (χ0v) is 9.97. The minimum absolute atomic E-state index is 0.398. The molecule has 0 N–H and O–H groups in total. The van der Waals surface area contributed by atoms with E-state index in [0.717, 1.165) is 10.9 Å². The lowest BCUT2D eigenvalue weighted by Gasteiger charge is -1.96. The van der Waals surface area contributed by atoms with Crippen LogP contribution >= 0.6 is 0 Å². The fraction of sp³-hybridized carbons (Fsp3) is 0. The van der Waals surface area contributed by atoms with Gasteiger partial charge in [-0.25, -0.2) is 9.97 Å². The first kappa shape index (κ1) is 11.4. The number of para-hydroxylation sites is 1. The number of hydrogen-bond donors (Lipinski definition) is 0. The molecule has 3 rings (SSSR count). The van der Waals surface area contributed by atoms with Gasteiger partial charge >= 0.3 is 0 Å². The Bertz CT molecular complexity index is 800. The van der Waals surface area contributed by atoms with E-state index >= 15 is 0 Å². The predicted molar refractivity (Wildman–Crippen MR) is 71.9 cm³/mol. The molecule has 19 heavy (non-hydrogen) atoms. The highest BCUT2D eigenvalue weighted by atomic mass is 19.1. The van der Waals surface area contributed by atoms with E-state index < -0.39 is 5.95 Å². The summed E-state index contributed by atoms with van der Waals surface area (Å²) in [4.78, 5) is 8.10. The molecular formula is C16H9FN2. The molecule has 90 valence electrons. The lowest BCUT2D eigenvalue weighted by molar-refractivity contribution is 0.582. The summed E-state index contributed by atoms with van der Waals surface area (Å²) in [5, 5.41) is 1.07. The first-order valence-corrected chi connectivity index (χ1v) is 5.82. The summed E-state index contributed by atoms with van der Waals surface area (Å²) in [6.45, 7) is 0. The molecule has 0 atom stereocenters. The highest BCUT2D eigenvalue weighted by Crippen LogP contribution is 2.11. The zero-order valence-electron chi connectivity index (χ0n) is 9.97. The van der Waals surface area contributed by atoms with Crippen molar-refractivity contribution in [1.29, 1.82) is 0 Å². The van der Waals surface area contributed by atoms with Crippen LogP contribution in [0.3, 0.4) is 0 Å². The maximum atomic E-state index is 12.9. The van der Waals surface area contributed by atoms with E-state index in [1.807, 2.05) is 36.4 Å². The molecule has 0 aliphatic carbocycles. The summed E-state index contributed by atoms with van der Waals surface area (Å²) in [5.41, 5.74) is 1.93. The van der Waals surface area contributed by atoms with Crippen molar-refractivity contribution in [1.82, 2.24) is 9.97 Å². The summed E-state index contributed by atoms with van der Waals surface area (Å²) in [7, 11) is 0. The molecule has 0 bridgehead atoms. The second-order valence-electron chi connectivity index (χ2n) is 3.98. The van der Waals surface area contributed by atoms with Crippen molar-refractivity contribution in [2.75, 3.05) is 0 Å². The molecule has 0 saturated carbocycles. The van der Waals surface area contributed by atoms with E-state index in [2.05, 4.69) is 21.8 Å². The van der Waals surface area contributed by atoms with Crippen molar-refractivity contribution < 1.29 is 4.39 Å². The molecule has 0 aliphatic rings. The number of benzene rings is 1. The average molecular weight is 248 g/mol. The molecule has 0 saturated heterocycles. The average Bonchev–Trinajstić information content (AvgIpc) is 2.45. The maximum Gasteiger partial charge on any atom is 0.214 e. The predicted octanol–water partition coefficient (Wildman–Crippen LogP) is 3.17. The molecule has 0 fully saturated rings. The van der Waals surface area contributed by atoms with Gasteiger partial charge in [-0.3, -0.25) is 0 Å². The van der Waals surface area contributed by atoms with Crippen LogP contribution in [0.2, 0.25) is 0 Å². The summed E-state index contributed by atoms with van der Waals surface area (Å²) in [6.07, 6.45) is 0. The smallest absolute Gasteiger partial charge is 0.214 e. The topological polar surface area (TPSA) is 25.8 Å². The highest BCUT2D eigenvalue weighted by molar-refractivity contribution is 5.78. The number of rotatable bonds is 0. The monoisotopic (exact) mass is 248 g/mol. The normalized spacial score (nSPS) is 9.95. The lowest BCUT2D eigenvalue weighted by Crippen LogP contribution is -1.87. The van der Waals surface area contributed by atoms with E-state index in [0.29, 0.717) is 11.4 Å². The first-order chi connectivity index (χ1) is 9.31. The highest BCUT2D eigenvalue weighted by Gasteiger charge is 1.95. The van der Waals surface area contributed by atoms with Crippen LogP contribution in [-0.2, 0) is 0 Å². The number of hydrogen-bond acceptors (Lipinski definition) is 2. The van der Waals surface area contributed by atoms with Crippen LogP contribution in [0.4, 0.5) is 4.39 Å². The molecule has 2 aromatic heterocycles. The molecule has 0 spiro atoms. The van der Waals surface area contributed by atoms with E-state index in [1.54, 1.807) is 12.1 Å². The van der Waals surface area contributed by atoms with Gasteiger partial charge in [0.15, 0.2) is 0 Å². The Morgan fingerprint density at radius 2 is 1.53 bits per heavy atom. The summed E-state index contributed by atoms with van der Waals surface area (Å²) in [5.74, 6) is 5.16. The van der Waals surface area contributed by atoms with Crippen LogP contribution < -0.4 is 0 Å². The van der Waals surface area contributed by atoms with Gasteiger partial charge in [0.25, 0.3) is 0 Å². The van der Waals surface area contributed by atoms with Gasteiger partial charge in [-0.05, 0) is 36.1 Å². The number of halogens is 1. The van der Waals surface area contributed by atoms with Crippen LogP contribution in [-0.4, -0.2) is 9.97 Å². The maximum absolute atomic E-state index is 12.9. The van der Waals surface area contributed by atoms with Crippen molar-refractivity contribution in [2.24, 2.45) is 0 Å². The summed E-state index contributed by atoms with van der Waals surface area (Å²) in [6, 6.07) is 16.2. The van der Waals surface area contributed by atoms with Crippen molar-refractivity contribution in [3.05, 3.63) is 71.9 Å². The Morgan fingerprint density at radius 3 is 2.37 bits per heavy atom. The number of pyridine rings is 2. The van der Waals surface area contributed by atoms with Crippen molar-refractivity contribution >= 4 is 10.9 Å². The van der Waals surface area contributed by atoms with Gasteiger partial charge in [0, 0.05) is 5.39 Å². The Balaban J connectivity index is 1.98. The molecule has 0 radical (unpaired) electrons. The number of nitrogens with zero attached hydrogens (tertiary/aromatic N) is 2. The largest absolute Gasteiger partial charge is 0.239 e. The van der Waals surface area contributed by atoms with Crippen LogP contribution in [0.1, 0.15) is 11.4 Å². The second-order valence-corrected chi connectivity index (χ2v) is 3.98. The Kier molecular flexibility index (Phi) is 2.91. The van der Waals surface area contributed by atoms with Crippen molar-refractivity contribution in [3.63, 3.8) is 0 Å². The molecule has 3 aromatic rings. The van der Waals surface area contributed by atoms with Gasteiger partial charge in [0.1, 0.15) is 11.4 Å². The van der Waals surface area contributed by atoms with E-state index in [9.17, 15) is 4.39 Å². The summed E-state index contributed by atoms with van der Waals surface area (Å²) >= 11 is 0. The SMILES string of the molecule is Fc1cccc(C#Cc2ccc3ccccc3n2)n1. The minimum atomic E-state index is -0.529. The first-order valence-electron chi connectivity index (χ1n) is 5.82. The molecule has 0 amide bonds. The molecule has 3 heteroatoms. The third-order valence-electron chi connectivity index (χ3n) is 2.63. The van der Waals surface area contributed by atoms with E-state index in [-0.39, 0.29) is 0 Å². The fourth-order valence-electron chi connectivity index (χ4n) is 1.74. The Hall–Kier alpha value is -2.73. The van der Waals surface area contributed by atoms with E-state index in [1.165, 1.54) is 6.07 Å². The van der Waals surface area contributed by atoms with Crippen LogP contribution in [0.15, 0.2) is 54.6 Å². The van der Waals surface area contributed by atoms with Gasteiger partial charge in [-0.1, -0.05) is 30.3 Å². The fourth-order valence-corrected chi connectivity index (χ4v) is 1.74.